The molecule has 5 heteroatoms. The zero-order valence-corrected chi connectivity index (χ0v) is 16.4. The van der Waals surface area contributed by atoms with Gasteiger partial charge in [-0.15, -0.1) is 0 Å². The summed E-state index contributed by atoms with van der Waals surface area (Å²) in [5, 5.41) is 4.39. The van der Waals surface area contributed by atoms with Crippen molar-refractivity contribution in [2.75, 3.05) is 19.5 Å². The third kappa shape index (κ3) is 5.14. The first-order valence-corrected chi connectivity index (χ1v) is 8.53. The summed E-state index contributed by atoms with van der Waals surface area (Å²) in [4.78, 5) is 11.4. The molecule has 1 N–H and O–H groups in total. The second kappa shape index (κ2) is 8.94. The topological polar surface area (TPSA) is 56.8 Å². The lowest BCUT2D eigenvalue weighted by atomic mass is 10.1. The molecular weight excluding hydrogens is 342 g/mol. The van der Waals surface area contributed by atoms with Crippen LogP contribution in [0, 0.1) is 6.92 Å². The highest BCUT2D eigenvalue weighted by Crippen LogP contribution is 2.27. The van der Waals surface area contributed by atoms with Gasteiger partial charge in [0.05, 0.1) is 14.2 Å². The van der Waals surface area contributed by atoms with Gasteiger partial charge in [0.15, 0.2) is 0 Å². The fraction of sp³-hybridized carbons (Fsp3) is 0.227. The summed E-state index contributed by atoms with van der Waals surface area (Å²) in [5.74, 6) is 2.31. The minimum absolute atomic E-state index is 0.171. The molecule has 0 aliphatic rings. The molecule has 0 saturated carbocycles. The van der Waals surface area contributed by atoms with Crippen molar-refractivity contribution in [2.24, 2.45) is 0 Å². The van der Waals surface area contributed by atoms with E-state index in [0.717, 1.165) is 21.8 Å². The van der Waals surface area contributed by atoms with E-state index in [0.29, 0.717) is 22.9 Å². The molecule has 2 aromatic carbocycles. The Morgan fingerprint density at radius 2 is 1.78 bits per heavy atom. The second-order valence-electron chi connectivity index (χ2n) is 6.02. The van der Waals surface area contributed by atoms with E-state index < -0.39 is 0 Å². The lowest BCUT2D eigenvalue weighted by Gasteiger charge is -2.12. The normalized spacial score (nSPS) is 11.9. The van der Waals surface area contributed by atoms with Crippen LogP contribution >= 0.6 is 0 Å². The van der Waals surface area contributed by atoms with Crippen LogP contribution in [0.4, 0.5) is 5.69 Å². The van der Waals surface area contributed by atoms with Gasteiger partial charge in [0.25, 0.3) is 0 Å². The summed E-state index contributed by atoms with van der Waals surface area (Å²) in [6.07, 6.45) is 3.74. The minimum Gasteiger partial charge on any atom is -0.497 e. The third-order valence-electron chi connectivity index (χ3n) is 3.87. The zero-order chi connectivity index (χ0) is 20.0. The van der Waals surface area contributed by atoms with Crippen LogP contribution in [0.1, 0.15) is 19.4 Å². The molecule has 0 fully saturated rings. The largest absolute Gasteiger partial charge is 0.497 e. The molecule has 0 saturated heterocycles. The van der Waals surface area contributed by atoms with Gasteiger partial charge >= 0.3 is 0 Å². The SMILES string of the molecule is C=c1cc(C)c(OC)c/c1=C(/C=C\C)Oc1cc(NC(C)=O)cc(OC)c1. The molecule has 5 nitrogen and oxygen atoms in total. The monoisotopic (exact) mass is 367 g/mol. The molecule has 0 bridgehead atoms. The second-order valence-corrected chi connectivity index (χ2v) is 6.02. The lowest BCUT2D eigenvalue weighted by Crippen LogP contribution is -2.27. The molecular formula is C22H25NO4. The Labute approximate surface area is 159 Å². The first-order valence-electron chi connectivity index (χ1n) is 8.53. The number of nitrogens with one attached hydrogen (secondary N) is 1. The number of carbonyl (C=O) groups excluding carboxylic acids is 1. The number of benzene rings is 2. The number of hydrogen-bond acceptors (Lipinski definition) is 4. The number of ether oxygens (including phenoxy) is 3. The van der Waals surface area contributed by atoms with Crippen molar-refractivity contribution >= 4 is 23.9 Å². The van der Waals surface area contributed by atoms with Gasteiger partial charge in [-0.2, -0.15) is 0 Å². The van der Waals surface area contributed by atoms with Crippen LogP contribution in [0.25, 0.3) is 12.3 Å². The molecule has 27 heavy (non-hydrogen) atoms. The summed E-state index contributed by atoms with van der Waals surface area (Å²) in [6.45, 7) is 9.45. The lowest BCUT2D eigenvalue weighted by molar-refractivity contribution is -0.114. The highest BCUT2D eigenvalue weighted by Gasteiger charge is 2.08. The molecule has 0 radical (unpaired) electrons. The molecule has 142 valence electrons. The average Bonchev–Trinajstić information content (AvgIpc) is 2.60. The molecule has 1 amide bonds. The molecule has 0 aliphatic carbocycles. The Hall–Kier alpha value is -3.21. The number of rotatable bonds is 6. The van der Waals surface area contributed by atoms with E-state index in [1.54, 1.807) is 32.4 Å². The Morgan fingerprint density at radius 3 is 2.37 bits per heavy atom. The van der Waals surface area contributed by atoms with Gasteiger partial charge < -0.3 is 19.5 Å². The van der Waals surface area contributed by atoms with Gasteiger partial charge in [0.1, 0.15) is 23.0 Å². The van der Waals surface area contributed by atoms with E-state index in [1.807, 2.05) is 38.1 Å². The highest BCUT2D eigenvalue weighted by atomic mass is 16.5. The number of aryl methyl sites for hydroxylation is 1. The van der Waals surface area contributed by atoms with Crippen LogP contribution in [-0.4, -0.2) is 20.1 Å². The van der Waals surface area contributed by atoms with E-state index in [4.69, 9.17) is 14.2 Å². The van der Waals surface area contributed by atoms with Crippen molar-refractivity contribution in [1.29, 1.82) is 0 Å². The van der Waals surface area contributed by atoms with Crippen LogP contribution < -0.4 is 30.0 Å². The first kappa shape index (κ1) is 20.1. The zero-order valence-electron chi connectivity index (χ0n) is 16.4. The molecule has 0 aromatic heterocycles. The molecule has 0 spiro atoms. The summed E-state index contributed by atoms with van der Waals surface area (Å²) in [6, 6.07) is 9.08. The van der Waals surface area contributed by atoms with Gasteiger partial charge in [-0.1, -0.05) is 12.7 Å². The fourth-order valence-corrected chi connectivity index (χ4v) is 2.68. The summed E-state index contributed by atoms with van der Waals surface area (Å²) in [5.41, 5.74) is 1.59. The number of carbonyl (C=O) groups is 1. The van der Waals surface area contributed by atoms with Gasteiger partial charge in [0.2, 0.25) is 5.91 Å². The van der Waals surface area contributed by atoms with Crippen LogP contribution in [0.3, 0.4) is 0 Å². The Bertz CT molecular complexity index is 977. The van der Waals surface area contributed by atoms with E-state index in [9.17, 15) is 4.79 Å². The molecule has 0 atom stereocenters. The Kier molecular flexibility index (Phi) is 6.66. The maximum Gasteiger partial charge on any atom is 0.221 e. The molecule has 0 heterocycles. The van der Waals surface area contributed by atoms with E-state index in [2.05, 4.69) is 11.9 Å². The Morgan fingerprint density at radius 1 is 1.07 bits per heavy atom. The van der Waals surface area contributed by atoms with Crippen molar-refractivity contribution in [1.82, 2.24) is 0 Å². The van der Waals surface area contributed by atoms with Gasteiger partial charge in [-0.25, -0.2) is 0 Å². The van der Waals surface area contributed by atoms with Crippen LogP contribution in [0.2, 0.25) is 0 Å². The molecule has 0 unspecified atom stereocenters. The molecule has 0 aliphatic heterocycles. The number of hydrogen-bond donors (Lipinski definition) is 1. The average molecular weight is 367 g/mol. The predicted molar refractivity (Wildman–Crippen MR) is 109 cm³/mol. The third-order valence-corrected chi connectivity index (χ3v) is 3.87. The van der Waals surface area contributed by atoms with Crippen molar-refractivity contribution in [2.45, 2.75) is 20.8 Å². The van der Waals surface area contributed by atoms with Crippen molar-refractivity contribution in [3.8, 4) is 17.2 Å². The number of amides is 1. The van der Waals surface area contributed by atoms with Crippen molar-refractivity contribution in [3.63, 3.8) is 0 Å². The first-order chi connectivity index (χ1) is 12.9. The van der Waals surface area contributed by atoms with Crippen LogP contribution in [0.15, 0.2) is 42.5 Å². The predicted octanol–water partition coefficient (Wildman–Crippen LogP) is 3.14. The quantitative estimate of drug-likeness (QED) is 0.852. The van der Waals surface area contributed by atoms with E-state index >= 15 is 0 Å². The molecule has 2 rings (SSSR count). The van der Waals surface area contributed by atoms with Crippen molar-refractivity contribution in [3.05, 3.63) is 58.5 Å². The highest BCUT2D eigenvalue weighted by molar-refractivity contribution is 5.89. The van der Waals surface area contributed by atoms with Gasteiger partial charge in [-0.05, 0) is 42.8 Å². The van der Waals surface area contributed by atoms with E-state index in [1.165, 1.54) is 6.92 Å². The fourth-order valence-electron chi connectivity index (χ4n) is 2.68. The minimum atomic E-state index is -0.171. The van der Waals surface area contributed by atoms with Crippen molar-refractivity contribution < 1.29 is 19.0 Å². The maximum absolute atomic E-state index is 11.4. The summed E-state index contributed by atoms with van der Waals surface area (Å²) >= 11 is 0. The number of anilines is 1. The molecule has 2 aromatic rings. The van der Waals surface area contributed by atoms with Gasteiger partial charge in [-0.3, -0.25) is 4.79 Å². The van der Waals surface area contributed by atoms with Crippen LogP contribution in [0.5, 0.6) is 17.2 Å². The van der Waals surface area contributed by atoms with E-state index in [-0.39, 0.29) is 5.91 Å². The standard InChI is InChI=1S/C22H25NO4/c1-7-8-21(20-13-22(26-6)15(3)9-14(20)2)27-19-11-17(23-16(4)24)10-18(12-19)25-5/h7-13H,2H2,1,3-6H3,(H,23,24)/b8-7-,21-20+. The Balaban J connectivity index is 2.61. The maximum atomic E-state index is 11.4. The smallest absolute Gasteiger partial charge is 0.221 e. The summed E-state index contributed by atoms with van der Waals surface area (Å²) in [7, 11) is 3.19. The van der Waals surface area contributed by atoms with Crippen LogP contribution in [-0.2, 0) is 4.79 Å². The summed E-state index contributed by atoms with van der Waals surface area (Å²) < 4.78 is 16.9. The number of allylic oxidation sites excluding steroid dienone is 1. The van der Waals surface area contributed by atoms with Gasteiger partial charge in [0, 0.05) is 36.0 Å². The number of methoxy groups -OCH3 is 2.